The van der Waals surface area contributed by atoms with E-state index in [9.17, 15) is 0 Å². The lowest BCUT2D eigenvalue weighted by molar-refractivity contribution is 0.415. The molecule has 0 unspecified atom stereocenters. The van der Waals surface area contributed by atoms with E-state index in [1.165, 1.54) is 0 Å². The largest absolute Gasteiger partial charge is 0.497 e. The van der Waals surface area contributed by atoms with Gasteiger partial charge < -0.3 is 4.74 Å². The molecule has 0 aliphatic carbocycles. The van der Waals surface area contributed by atoms with Gasteiger partial charge in [0.1, 0.15) is 17.1 Å². The lowest BCUT2D eigenvalue weighted by Gasteiger charge is -1.98. The van der Waals surface area contributed by atoms with E-state index in [1.54, 1.807) is 13.3 Å². The molecule has 25 heavy (non-hydrogen) atoms. The van der Waals surface area contributed by atoms with Crippen molar-refractivity contribution in [3.05, 3.63) is 84.3 Å². The summed E-state index contributed by atoms with van der Waals surface area (Å²) in [4.78, 5) is 9.11. The number of rotatable bonds is 2. The molecule has 1 aromatic carbocycles. The van der Waals surface area contributed by atoms with Crippen LogP contribution in [0.5, 0.6) is 5.75 Å². The van der Waals surface area contributed by atoms with Gasteiger partial charge in [0.25, 0.3) is 0 Å². The maximum Gasteiger partial charge on any atom is 0.164 e. The first-order chi connectivity index (χ1) is 12.3. The van der Waals surface area contributed by atoms with E-state index in [-0.39, 0.29) is 0 Å². The number of hydrogen-bond acceptors (Lipinski definition) is 3. The average Bonchev–Trinajstić information content (AvgIpc) is 3.06. The summed E-state index contributed by atoms with van der Waals surface area (Å²) >= 11 is 0. The first-order valence-electron chi connectivity index (χ1n) is 7.90. The zero-order valence-corrected chi connectivity index (χ0v) is 13.7. The summed E-state index contributed by atoms with van der Waals surface area (Å²) in [5, 5.41) is 0. The third-order valence-corrected chi connectivity index (χ3v) is 3.86. The predicted molar refractivity (Wildman–Crippen MR) is 97.4 cm³/mol. The van der Waals surface area contributed by atoms with E-state index in [0.717, 1.165) is 34.0 Å². The zero-order chi connectivity index (χ0) is 17.1. The van der Waals surface area contributed by atoms with Crippen LogP contribution in [0.2, 0.25) is 0 Å². The number of imidazole rings is 1. The maximum absolute atomic E-state index is 5.17. The Bertz CT molecular complexity index is 1070. The molecule has 4 aromatic rings. The minimum atomic E-state index is 0.733. The molecule has 0 saturated carbocycles. The molecule has 4 nitrogen and oxygen atoms in total. The molecular weight excluding hydrogens is 310 g/mol. The fourth-order valence-corrected chi connectivity index (χ4v) is 2.61. The van der Waals surface area contributed by atoms with E-state index < -0.39 is 0 Å². The Morgan fingerprint density at radius 2 is 1.76 bits per heavy atom. The topological polar surface area (TPSA) is 39.4 Å². The van der Waals surface area contributed by atoms with Crippen molar-refractivity contribution in [3.63, 3.8) is 0 Å². The van der Waals surface area contributed by atoms with Gasteiger partial charge in [-0.15, -0.1) is 0 Å². The number of methoxy groups -OCH3 is 1. The molecule has 0 radical (unpaired) electrons. The summed E-state index contributed by atoms with van der Waals surface area (Å²) in [7, 11) is 1.65. The average molecular weight is 325 g/mol. The van der Waals surface area contributed by atoms with Gasteiger partial charge in [-0.05, 0) is 54.5 Å². The van der Waals surface area contributed by atoms with Gasteiger partial charge in [0, 0.05) is 18.0 Å². The molecule has 0 N–H and O–H groups in total. The summed E-state index contributed by atoms with van der Waals surface area (Å²) in [6.45, 7) is 0. The number of benzene rings is 1. The SMILES string of the molecule is COc1ccc(C#Cc2nc(-c3ccccn3)n3ccccc23)cc1. The van der Waals surface area contributed by atoms with Crippen LogP contribution in [0.1, 0.15) is 11.3 Å². The molecule has 4 rings (SSSR count). The third-order valence-electron chi connectivity index (χ3n) is 3.86. The highest BCUT2D eigenvalue weighted by Gasteiger charge is 2.11. The molecule has 3 aromatic heterocycles. The molecule has 0 saturated heterocycles. The molecule has 120 valence electrons. The minimum Gasteiger partial charge on any atom is -0.497 e. The normalized spacial score (nSPS) is 10.3. The zero-order valence-electron chi connectivity index (χ0n) is 13.7. The molecule has 0 spiro atoms. The van der Waals surface area contributed by atoms with Gasteiger partial charge in [-0.3, -0.25) is 9.38 Å². The van der Waals surface area contributed by atoms with E-state index in [2.05, 4.69) is 16.8 Å². The van der Waals surface area contributed by atoms with E-state index in [1.807, 2.05) is 71.3 Å². The summed E-state index contributed by atoms with van der Waals surface area (Å²) in [5.41, 5.74) is 3.43. The number of aromatic nitrogens is 3. The van der Waals surface area contributed by atoms with Crippen LogP contribution in [0.25, 0.3) is 17.0 Å². The molecule has 4 heteroatoms. The number of ether oxygens (including phenoxy) is 1. The number of pyridine rings is 2. The van der Waals surface area contributed by atoms with Gasteiger partial charge >= 0.3 is 0 Å². The van der Waals surface area contributed by atoms with E-state index >= 15 is 0 Å². The standard InChI is InChI=1S/C21H15N3O/c1-25-17-11-8-16(9-12-17)10-13-18-20-7-3-5-15-24(20)21(23-18)19-6-2-4-14-22-19/h2-9,11-12,14-15H,1H3. The van der Waals surface area contributed by atoms with Crippen LogP contribution in [0.3, 0.4) is 0 Å². The van der Waals surface area contributed by atoms with Gasteiger partial charge in [0.05, 0.1) is 12.6 Å². The van der Waals surface area contributed by atoms with Gasteiger partial charge in [-0.1, -0.05) is 18.1 Å². The molecule has 0 amide bonds. The number of nitrogens with zero attached hydrogens (tertiary/aromatic N) is 3. The van der Waals surface area contributed by atoms with Crippen molar-refractivity contribution in [2.45, 2.75) is 0 Å². The van der Waals surface area contributed by atoms with Gasteiger partial charge in [-0.25, -0.2) is 4.98 Å². The maximum atomic E-state index is 5.17. The summed E-state index contributed by atoms with van der Waals surface area (Å²) in [6.07, 6.45) is 3.74. The quantitative estimate of drug-likeness (QED) is 0.526. The van der Waals surface area contributed by atoms with Crippen LogP contribution in [0.15, 0.2) is 73.1 Å². The molecule has 0 atom stereocenters. The van der Waals surface area contributed by atoms with Crippen LogP contribution in [0, 0.1) is 11.8 Å². The lowest BCUT2D eigenvalue weighted by atomic mass is 10.2. The molecule has 0 aliphatic heterocycles. The third kappa shape index (κ3) is 2.96. The predicted octanol–water partition coefficient (Wildman–Crippen LogP) is 3.80. The van der Waals surface area contributed by atoms with Crippen molar-refractivity contribution in [1.29, 1.82) is 0 Å². The van der Waals surface area contributed by atoms with Crippen molar-refractivity contribution in [2.24, 2.45) is 0 Å². The van der Waals surface area contributed by atoms with Crippen LogP contribution in [-0.2, 0) is 0 Å². The Labute approximate surface area is 145 Å². The van der Waals surface area contributed by atoms with Crippen LogP contribution >= 0.6 is 0 Å². The van der Waals surface area contributed by atoms with Crippen molar-refractivity contribution in [1.82, 2.24) is 14.4 Å². The highest BCUT2D eigenvalue weighted by atomic mass is 16.5. The molecule has 3 heterocycles. The Balaban J connectivity index is 1.79. The fraction of sp³-hybridized carbons (Fsp3) is 0.0476. The van der Waals surface area contributed by atoms with E-state index in [4.69, 9.17) is 9.72 Å². The summed E-state index contributed by atoms with van der Waals surface area (Å²) in [6, 6.07) is 19.4. The van der Waals surface area contributed by atoms with Gasteiger partial charge in [-0.2, -0.15) is 0 Å². The van der Waals surface area contributed by atoms with Gasteiger partial charge in [0.2, 0.25) is 0 Å². The van der Waals surface area contributed by atoms with Crippen LogP contribution < -0.4 is 4.74 Å². The Kier molecular flexibility index (Phi) is 3.89. The molecule has 0 bridgehead atoms. The Morgan fingerprint density at radius 1 is 0.920 bits per heavy atom. The van der Waals surface area contributed by atoms with E-state index in [0.29, 0.717) is 0 Å². The van der Waals surface area contributed by atoms with Crippen molar-refractivity contribution < 1.29 is 4.74 Å². The smallest absolute Gasteiger partial charge is 0.164 e. The number of hydrogen-bond donors (Lipinski definition) is 0. The Hall–Kier alpha value is -3.58. The van der Waals surface area contributed by atoms with Gasteiger partial charge in [0.15, 0.2) is 5.82 Å². The number of fused-ring (bicyclic) bond motifs is 1. The first-order valence-corrected chi connectivity index (χ1v) is 7.90. The minimum absolute atomic E-state index is 0.733. The highest BCUT2D eigenvalue weighted by Crippen LogP contribution is 2.20. The monoisotopic (exact) mass is 325 g/mol. The fourth-order valence-electron chi connectivity index (χ4n) is 2.61. The van der Waals surface area contributed by atoms with Crippen molar-refractivity contribution in [3.8, 4) is 29.1 Å². The first kappa shape index (κ1) is 15.0. The second-order valence-electron chi connectivity index (χ2n) is 5.43. The summed E-state index contributed by atoms with van der Waals surface area (Å²) in [5.74, 6) is 7.95. The van der Waals surface area contributed by atoms with Crippen LogP contribution in [-0.4, -0.2) is 21.5 Å². The molecule has 0 fully saturated rings. The van der Waals surface area contributed by atoms with Crippen LogP contribution in [0.4, 0.5) is 0 Å². The molecular formula is C21H15N3O. The summed E-state index contributed by atoms with van der Waals surface area (Å²) < 4.78 is 7.19. The molecule has 0 aliphatic rings. The van der Waals surface area contributed by atoms with Crippen molar-refractivity contribution in [2.75, 3.05) is 7.11 Å². The van der Waals surface area contributed by atoms with Crippen molar-refractivity contribution >= 4 is 5.52 Å². The highest BCUT2D eigenvalue weighted by molar-refractivity contribution is 5.67. The Morgan fingerprint density at radius 3 is 2.52 bits per heavy atom. The lowest BCUT2D eigenvalue weighted by Crippen LogP contribution is -1.90. The second-order valence-corrected chi connectivity index (χ2v) is 5.43. The second kappa shape index (κ2) is 6.50.